The highest BCUT2D eigenvalue weighted by atomic mass is 16.5. The molecule has 1 aromatic heterocycles. The van der Waals surface area contributed by atoms with Crippen molar-refractivity contribution in [2.45, 2.75) is 44.9 Å². The fourth-order valence-corrected chi connectivity index (χ4v) is 3.20. The van der Waals surface area contributed by atoms with E-state index in [0.717, 1.165) is 38.9 Å². The molecule has 0 aliphatic carbocycles. The number of aryl methyl sites for hydroxylation is 1. The van der Waals surface area contributed by atoms with E-state index >= 15 is 0 Å². The Labute approximate surface area is 124 Å². The Balaban J connectivity index is 1.70. The first-order chi connectivity index (χ1) is 10.2. The van der Waals surface area contributed by atoms with Gasteiger partial charge in [0, 0.05) is 33.7 Å². The maximum Gasteiger partial charge on any atom is 0.240 e. The van der Waals surface area contributed by atoms with Crippen molar-refractivity contribution in [3.8, 4) is 0 Å². The van der Waals surface area contributed by atoms with Crippen LogP contribution in [0.2, 0.25) is 0 Å². The summed E-state index contributed by atoms with van der Waals surface area (Å²) in [7, 11) is 1.70. The molecule has 0 saturated carbocycles. The zero-order valence-corrected chi connectivity index (χ0v) is 12.6. The van der Waals surface area contributed by atoms with Gasteiger partial charge >= 0.3 is 0 Å². The van der Waals surface area contributed by atoms with E-state index in [0.29, 0.717) is 18.3 Å². The molecule has 7 nitrogen and oxygen atoms in total. The molecule has 21 heavy (non-hydrogen) atoms. The van der Waals surface area contributed by atoms with Crippen molar-refractivity contribution in [1.29, 1.82) is 0 Å². The van der Waals surface area contributed by atoms with Gasteiger partial charge in [0.05, 0.1) is 18.7 Å². The van der Waals surface area contributed by atoms with Crippen molar-refractivity contribution in [3.05, 3.63) is 11.7 Å². The SMILES string of the molecule is CO[C@H]1C[C@@H](C(=O)N2CCCC2)N(Cc2noc(C)n2)C1. The number of nitrogens with zero attached hydrogens (tertiary/aromatic N) is 4. The van der Waals surface area contributed by atoms with Crippen LogP contribution in [-0.2, 0) is 16.1 Å². The highest BCUT2D eigenvalue weighted by molar-refractivity contribution is 5.82. The topological polar surface area (TPSA) is 71.7 Å². The molecule has 3 rings (SSSR count). The molecule has 0 radical (unpaired) electrons. The number of methoxy groups -OCH3 is 1. The lowest BCUT2D eigenvalue weighted by Crippen LogP contribution is -2.44. The number of hydrogen-bond donors (Lipinski definition) is 0. The number of amides is 1. The lowest BCUT2D eigenvalue weighted by atomic mass is 10.1. The molecule has 3 heterocycles. The van der Waals surface area contributed by atoms with Crippen LogP contribution in [-0.4, -0.2) is 64.7 Å². The van der Waals surface area contributed by atoms with E-state index in [9.17, 15) is 4.79 Å². The Morgan fingerprint density at radius 2 is 2.19 bits per heavy atom. The Bertz CT molecular complexity index is 498. The Hall–Kier alpha value is -1.47. The first-order valence-electron chi connectivity index (χ1n) is 7.52. The third-order valence-electron chi connectivity index (χ3n) is 4.32. The smallest absolute Gasteiger partial charge is 0.240 e. The van der Waals surface area contributed by atoms with Gasteiger partial charge in [0.25, 0.3) is 0 Å². The maximum atomic E-state index is 12.7. The van der Waals surface area contributed by atoms with E-state index in [-0.39, 0.29) is 18.1 Å². The van der Waals surface area contributed by atoms with Crippen molar-refractivity contribution >= 4 is 5.91 Å². The first kappa shape index (κ1) is 14.5. The molecule has 0 spiro atoms. The van der Waals surface area contributed by atoms with E-state index in [2.05, 4.69) is 15.0 Å². The number of carbonyl (C=O) groups is 1. The van der Waals surface area contributed by atoms with Crippen molar-refractivity contribution < 1.29 is 14.1 Å². The molecule has 0 N–H and O–H groups in total. The predicted molar refractivity (Wildman–Crippen MR) is 74.5 cm³/mol. The van der Waals surface area contributed by atoms with Gasteiger partial charge in [-0.2, -0.15) is 4.98 Å². The quantitative estimate of drug-likeness (QED) is 0.809. The molecule has 7 heteroatoms. The minimum atomic E-state index is -0.133. The van der Waals surface area contributed by atoms with Gasteiger partial charge in [-0.05, 0) is 19.3 Å². The predicted octanol–water partition coefficient (Wildman–Crippen LogP) is 0.590. The third kappa shape index (κ3) is 3.08. The highest BCUT2D eigenvalue weighted by Crippen LogP contribution is 2.24. The first-order valence-corrected chi connectivity index (χ1v) is 7.52. The van der Waals surface area contributed by atoms with Gasteiger partial charge in [-0.25, -0.2) is 0 Å². The molecule has 1 aromatic rings. The summed E-state index contributed by atoms with van der Waals surface area (Å²) in [6.45, 7) is 4.78. The van der Waals surface area contributed by atoms with Crippen LogP contribution in [0.1, 0.15) is 31.0 Å². The van der Waals surface area contributed by atoms with E-state index in [1.54, 1.807) is 14.0 Å². The van der Waals surface area contributed by atoms with E-state index in [1.807, 2.05) is 4.90 Å². The normalized spacial score (nSPS) is 26.7. The fraction of sp³-hybridized carbons (Fsp3) is 0.786. The number of aromatic nitrogens is 2. The van der Waals surface area contributed by atoms with Crippen molar-refractivity contribution in [1.82, 2.24) is 19.9 Å². The van der Waals surface area contributed by atoms with Gasteiger partial charge in [0.1, 0.15) is 0 Å². The van der Waals surface area contributed by atoms with Crippen molar-refractivity contribution in [3.63, 3.8) is 0 Å². The summed E-state index contributed by atoms with van der Waals surface area (Å²) in [5.74, 6) is 1.39. The average molecular weight is 294 g/mol. The highest BCUT2D eigenvalue weighted by Gasteiger charge is 2.39. The Morgan fingerprint density at radius 1 is 1.43 bits per heavy atom. The van der Waals surface area contributed by atoms with E-state index < -0.39 is 0 Å². The second kappa shape index (κ2) is 6.11. The molecule has 116 valence electrons. The maximum absolute atomic E-state index is 12.7. The molecular formula is C14H22N4O3. The molecule has 2 fully saturated rings. The minimum absolute atomic E-state index is 0.0922. The molecule has 2 saturated heterocycles. The summed E-state index contributed by atoms with van der Waals surface area (Å²) in [6, 6.07) is -0.133. The van der Waals surface area contributed by atoms with Gasteiger partial charge in [-0.3, -0.25) is 9.69 Å². The van der Waals surface area contributed by atoms with Crippen LogP contribution in [0.4, 0.5) is 0 Å². The molecule has 2 aliphatic heterocycles. The number of ether oxygens (including phenoxy) is 1. The molecule has 0 bridgehead atoms. The Kier molecular flexibility index (Phi) is 4.21. The molecule has 2 atom stereocenters. The summed E-state index contributed by atoms with van der Waals surface area (Å²) >= 11 is 0. The van der Waals surface area contributed by atoms with Gasteiger partial charge in [0.2, 0.25) is 11.8 Å². The van der Waals surface area contributed by atoms with Crippen LogP contribution >= 0.6 is 0 Å². The number of hydrogen-bond acceptors (Lipinski definition) is 6. The zero-order chi connectivity index (χ0) is 14.8. The van der Waals surface area contributed by atoms with Crippen LogP contribution in [0, 0.1) is 6.92 Å². The van der Waals surface area contributed by atoms with Gasteiger partial charge in [-0.1, -0.05) is 5.16 Å². The summed E-state index contributed by atoms with van der Waals surface area (Å²) in [4.78, 5) is 21.0. The minimum Gasteiger partial charge on any atom is -0.380 e. The molecule has 1 amide bonds. The lowest BCUT2D eigenvalue weighted by Gasteiger charge is -2.26. The summed E-state index contributed by atoms with van der Waals surface area (Å²) in [5.41, 5.74) is 0. The summed E-state index contributed by atoms with van der Waals surface area (Å²) in [6.07, 6.45) is 3.05. The van der Waals surface area contributed by atoms with Crippen LogP contribution in [0.3, 0.4) is 0 Å². The molecular weight excluding hydrogens is 272 g/mol. The molecule has 0 aromatic carbocycles. The van der Waals surface area contributed by atoms with Crippen LogP contribution in [0.5, 0.6) is 0 Å². The largest absolute Gasteiger partial charge is 0.380 e. The van der Waals surface area contributed by atoms with Gasteiger partial charge in [0.15, 0.2) is 5.82 Å². The van der Waals surface area contributed by atoms with Gasteiger partial charge in [-0.15, -0.1) is 0 Å². The average Bonchev–Trinajstić information content (AvgIpc) is 3.19. The van der Waals surface area contributed by atoms with E-state index in [1.165, 1.54) is 0 Å². The van der Waals surface area contributed by atoms with Crippen molar-refractivity contribution in [2.75, 3.05) is 26.7 Å². The fourth-order valence-electron chi connectivity index (χ4n) is 3.20. The second-order valence-electron chi connectivity index (χ2n) is 5.80. The molecule has 2 aliphatic rings. The summed E-state index contributed by atoms with van der Waals surface area (Å²) < 4.78 is 10.5. The zero-order valence-electron chi connectivity index (χ0n) is 12.6. The standard InChI is InChI=1S/C14H22N4O3/c1-10-15-13(16-21-10)9-18-8-11(20-2)7-12(18)14(19)17-5-3-4-6-17/h11-12H,3-9H2,1-2H3/t11-,12-/m0/s1. The van der Waals surface area contributed by atoms with Crippen molar-refractivity contribution in [2.24, 2.45) is 0 Å². The second-order valence-corrected chi connectivity index (χ2v) is 5.80. The number of likely N-dealkylation sites (tertiary alicyclic amines) is 2. The summed E-state index contributed by atoms with van der Waals surface area (Å²) in [5, 5.41) is 3.93. The Morgan fingerprint density at radius 3 is 2.81 bits per heavy atom. The molecule has 0 unspecified atom stereocenters. The monoisotopic (exact) mass is 294 g/mol. The lowest BCUT2D eigenvalue weighted by molar-refractivity contribution is -0.135. The number of carbonyl (C=O) groups excluding carboxylic acids is 1. The van der Waals surface area contributed by atoms with Gasteiger partial charge < -0.3 is 14.2 Å². The van der Waals surface area contributed by atoms with Crippen LogP contribution in [0.15, 0.2) is 4.52 Å². The third-order valence-corrected chi connectivity index (χ3v) is 4.32. The number of rotatable bonds is 4. The van der Waals surface area contributed by atoms with E-state index in [4.69, 9.17) is 9.26 Å². The van der Waals surface area contributed by atoms with Crippen LogP contribution < -0.4 is 0 Å². The van der Waals surface area contributed by atoms with Crippen LogP contribution in [0.25, 0.3) is 0 Å².